The Bertz CT molecular complexity index is 1390. The second-order valence-corrected chi connectivity index (χ2v) is 12.0. The minimum Gasteiger partial charge on any atom is -0.379 e. The topological polar surface area (TPSA) is 118 Å². The van der Waals surface area contributed by atoms with Gasteiger partial charge in [0.05, 0.1) is 35.6 Å². The molecule has 2 aliphatic heterocycles. The molecule has 0 bridgehead atoms. The molecular weight excluding hydrogens is 553 g/mol. The predicted molar refractivity (Wildman–Crippen MR) is 142 cm³/mol. The molecule has 5 rings (SSSR count). The summed E-state index contributed by atoms with van der Waals surface area (Å²) in [4.78, 5) is 19.7. The van der Waals surface area contributed by atoms with Crippen LogP contribution in [0.2, 0.25) is 10.0 Å². The number of morpholine rings is 1. The fourth-order valence-electron chi connectivity index (χ4n) is 4.59. The number of ether oxygens (including phenoxy) is 1. The summed E-state index contributed by atoms with van der Waals surface area (Å²) in [6, 6.07) is 11.4. The second-order valence-electron chi connectivity index (χ2n) is 9.24. The summed E-state index contributed by atoms with van der Waals surface area (Å²) < 4.78 is 37.7. The van der Waals surface area contributed by atoms with E-state index in [4.69, 9.17) is 32.5 Å². The summed E-state index contributed by atoms with van der Waals surface area (Å²) >= 11 is 12.2. The Morgan fingerprint density at radius 1 is 1.08 bits per heavy atom. The standard InChI is InChI=1S/C25H27Cl2N5O5S/c26-18-3-8-21(22(27)14-18)24-29-23(37-30-24)16-31-9-1-2-17(15-31)25(33)28-19-4-6-20(7-5-19)38(34,35)32-10-12-36-13-11-32/h3-8,14,17H,1-2,9-13,15-16H2,(H,28,33). The van der Waals surface area contributed by atoms with E-state index in [1.165, 1.54) is 16.4 Å². The predicted octanol–water partition coefficient (Wildman–Crippen LogP) is 3.92. The van der Waals surface area contributed by atoms with Crippen molar-refractivity contribution in [1.82, 2.24) is 19.3 Å². The van der Waals surface area contributed by atoms with Crippen LogP contribution in [0.1, 0.15) is 18.7 Å². The Hall–Kier alpha value is -2.54. The van der Waals surface area contributed by atoms with Crippen LogP contribution in [0, 0.1) is 5.92 Å². The summed E-state index contributed by atoms with van der Waals surface area (Å²) in [5, 5.41) is 7.91. The molecule has 2 aromatic carbocycles. The number of benzene rings is 2. The van der Waals surface area contributed by atoms with Crippen molar-refractivity contribution < 1.29 is 22.5 Å². The zero-order chi connectivity index (χ0) is 26.7. The van der Waals surface area contributed by atoms with Gasteiger partial charge in [-0.3, -0.25) is 9.69 Å². The normalized spacial score (nSPS) is 19.4. The van der Waals surface area contributed by atoms with E-state index in [0.29, 0.717) is 72.4 Å². The first-order valence-corrected chi connectivity index (χ1v) is 14.5. The van der Waals surface area contributed by atoms with Gasteiger partial charge in [-0.2, -0.15) is 9.29 Å². The molecule has 1 unspecified atom stereocenters. The molecular formula is C25H27Cl2N5O5S. The van der Waals surface area contributed by atoms with Gasteiger partial charge in [-0.15, -0.1) is 0 Å². The van der Waals surface area contributed by atoms with Gasteiger partial charge in [-0.1, -0.05) is 28.4 Å². The third kappa shape index (κ3) is 6.19. The SMILES string of the molecule is O=C(Nc1ccc(S(=O)(=O)N2CCOCC2)cc1)C1CCCN(Cc2nc(-c3ccc(Cl)cc3Cl)no2)C1. The van der Waals surface area contributed by atoms with Crippen LogP contribution < -0.4 is 5.32 Å². The summed E-state index contributed by atoms with van der Waals surface area (Å²) in [6.07, 6.45) is 1.60. The van der Waals surface area contributed by atoms with Crippen molar-refractivity contribution in [2.24, 2.45) is 5.92 Å². The molecule has 2 fully saturated rings. The molecule has 13 heteroatoms. The van der Waals surface area contributed by atoms with Gasteiger partial charge in [0.15, 0.2) is 0 Å². The molecule has 1 aromatic heterocycles. The number of rotatable bonds is 7. The first-order chi connectivity index (χ1) is 18.3. The molecule has 1 N–H and O–H groups in total. The highest BCUT2D eigenvalue weighted by molar-refractivity contribution is 7.89. The highest BCUT2D eigenvalue weighted by Gasteiger charge is 2.28. The molecule has 0 aliphatic carbocycles. The number of sulfonamides is 1. The summed E-state index contributed by atoms with van der Waals surface area (Å²) in [5.74, 6) is 0.474. The van der Waals surface area contributed by atoms with Crippen LogP contribution in [-0.4, -0.2) is 73.1 Å². The largest absolute Gasteiger partial charge is 0.379 e. The second kappa shape index (κ2) is 11.7. The van der Waals surface area contributed by atoms with Crippen molar-refractivity contribution in [3.05, 3.63) is 58.4 Å². The van der Waals surface area contributed by atoms with Crippen molar-refractivity contribution in [3.8, 4) is 11.4 Å². The number of hydrogen-bond acceptors (Lipinski definition) is 8. The lowest BCUT2D eigenvalue weighted by Crippen LogP contribution is -2.40. The van der Waals surface area contributed by atoms with Crippen molar-refractivity contribution in [2.45, 2.75) is 24.3 Å². The van der Waals surface area contributed by atoms with Crippen molar-refractivity contribution in [3.63, 3.8) is 0 Å². The van der Waals surface area contributed by atoms with Gasteiger partial charge in [0.1, 0.15) is 0 Å². The Morgan fingerprint density at radius 3 is 2.58 bits per heavy atom. The molecule has 2 saturated heterocycles. The average Bonchev–Trinajstić information content (AvgIpc) is 3.37. The van der Waals surface area contributed by atoms with Crippen LogP contribution in [0.15, 0.2) is 51.9 Å². The smallest absolute Gasteiger partial charge is 0.243 e. The van der Waals surface area contributed by atoms with E-state index < -0.39 is 10.0 Å². The fraction of sp³-hybridized carbons (Fsp3) is 0.400. The summed E-state index contributed by atoms with van der Waals surface area (Å²) in [5.41, 5.74) is 1.18. The number of nitrogens with one attached hydrogen (secondary N) is 1. The number of aromatic nitrogens is 2. The average molecular weight is 580 g/mol. The molecule has 0 spiro atoms. The number of halogens is 2. The Labute approximate surface area is 230 Å². The number of piperidine rings is 1. The van der Waals surface area contributed by atoms with Crippen molar-refractivity contribution >= 4 is 44.8 Å². The van der Waals surface area contributed by atoms with Gasteiger partial charge >= 0.3 is 0 Å². The lowest BCUT2D eigenvalue weighted by atomic mass is 9.97. The van der Waals surface area contributed by atoms with E-state index in [2.05, 4.69) is 20.4 Å². The number of likely N-dealkylation sites (tertiary alicyclic amines) is 1. The van der Waals surface area contributed by atoms with Gasteiger partial charge in [-0.05, 0) is 61.9 Å². The van der Waals surface area contributed by atoms with Crippen LogP contribution in [-0.2, 0) is 26.1 Å². The van der Waals surface area contributed by atoms with E-state index in [9.17, 15) is 13.2 Å². The Morgan fingerprint density at radius 2 is 1.84 bits per heavy atom. The van der Waals surface area contributed by atoms with E-state index in [-0.39, 0.29) is 16.7 Å². The summed E-state index contributed by atoms with van der Waals surface area (Å²) in [6.45, 7) is 3.19. The van der Waals surface area contributed by atoms with Crippen LogP contribution in [0.25, 0.3) is 11.4 Å². The van der Waals surface area contributed by atoms with Gasteiger partial charge in [0.25, 0.3) is 0 Å². The van der Waals surface area contributed by atoms with Gasteiger partial charge in [0.2, 0.25) is 27.6 Å². The number of hydrogen-bond donors (Lipinski definition) is 1. The third-order valence-corrected chi connectivity index (χ3v) is 9.07. The number of amides is 1. The third-order valence-electron chi connectivity index (χ3n) is 6.60. The molecule has 2 aliphatic rings. The van der Waals surface area contributed by atoms with E-state index >= 15 is 0 Å². The van der Waals surface area contributed by atoms with Crippen LogP contribution >= 0.6 is 23.2 Å². The minimum atomic E-state index is -3.58. The highest BCUT2D eigenvalue weighted by atomic mass is 35.5. The fourth-order valence-corrected chi connectivity index (χ4v) is 6.50. The van der Waals surface area contributed by atoms with E-state index in [0.717, 1.165) is 19.4 Å². The molecule has 202 valence electrons. The quantitative estimate of drug-likeness (QED) is 0.447. The number of anilines is 1. The lowest BCUT2D eigenvalue weighted by Gasteiger charge is -2.30. The molecule has 0 saturated carbocycles. The molecule has 3 heterocycles. The number of nitrogens with zero attached hydrogens (tertiary/aromatic N) is 4. The Kier molecular flexibility index (Phi) is 8.32. The van der Waals surface area contributed by atoms with E-state index in [1.54, 1.807) is 30.3 Å². The lowest BCUT2D eigenvalue weighted by molar-refractivity contribution is -0.121. The molecule has 10 nitrogen and oxygen atoms in total. The minimum absolute atomic E-state index is 0.113. The van der Waals surface area contributed by atoms with Gasteiger partial charge in [-0.25, -0.2) is 8.42 Å². The number of carbonyl (C=O) groups is 1. The zero-order valence-electron chi connectivity index (χ0n) is 20.5. The van der Waals surface area contributed by atoms with Crippen LogP contribution in [0.5, 0.6) is 0 Å². The maximum atomic E-state index is 13.0. The molecule has 1 amide bonds. The van der Waals surface area contributed by atoms with E-state index in [1.807, 2.05) is 0 Å². The number of carbonyl (C=O) groups excluding carboxylic acids is 1. The summed E-state index contributed by atoms with van der Waals surface area (Å²) in [7, 11) is -3.58. The van der Waals surface area contributed by atoms with Gasteiger partial charge < -0.3 is 14.6 Å². The van der Waals surface area contributed by atoms with Crippen molar-refractivity contribution in [1.29, 1.82) is 0 Å². The zero-order valence-corrected chi connectivity index (χ0v) is 22.8. The molecule has 38 heavy (non-hydrogen) atoms. The van der Waals surface area contributed by atoms with Crippen LogP contribution in [0.3, 0.4) is 0 Å². The molecule has 1 atom stereocenters. The van der Waals surface area contributed by atoms with Gasteiger partial charge in [0, 0.05) is 35.9 Å². The molecule has 3 aromatic rings. The highest BCUT2D eigenvalue weighted by Crippen LogP contribution is 2.29. The monoisotopic (exact) mass is 579 g/mol. The van der Waals surface area contributed by atoms with Crippen LogP contribution in [0.4, 0.5) is 5.69 Å². The maximum Gasteiger partial charge on any atom is 0.243 e. The Balaban J connectivity index is 1.17. The molecule has 0 radical (unpaired) electrons. The first kappa shape index (κ1) is 27.0. The first-order valence-electron chi connectivity index (χ1n) is 12.3. The maximum absolute atomic E-state index is 13.0. The van der Waals surface area contributed by atoms with Crippen molar-refractivity contribution in [2.75, 3.05) is 44.7 Å².